The van der Waals surface area contributed by atoms with Crippen LogP contribution in [0.25, 0.3) is 0 Å². The van der Waals surface area contributed by atoms with Gasteiger partial charge in [-0.1, -0.05) is 0 Å². The highest BCUT2D eigenvalue weighted by Gasteiger charge is 2.24. The van der Waals surface area contributed by atoms with Gasteiger partial charge in [0.1, 0.15) is 5.75 Å². The zero-order valence-corrected chi connectivity index (χ0v) is 9.00. The summed E-state index contributed by atoms with van der Waals surface area (Å²) in [5, 5.41) is 0.339. The van der Waals surface area contributed by atoms with Crippen LogP contribution in [0.5, 0.6) is 5.75 Å². The van der Waals surface area contributed by atoms with E-state index in [1.165, 1.54) is 12.0 Å². The molecule has 1 aromatic heterocycles. The minimum absolute atomic E-state index is 0.339. The third kappa shape index (κ3) is 2.01. The molecular weight excluding hydrogens is 198 g/mol. The van der Waals surface area contributed by atoms with Gasteiger partial charge in [-0.15, -0.1) is 11.6 Å². The number of hydrogen-bond acceptors (Lipinski definition) is 2. The minimum Gasteiger partial charge on any atom is -0.495 e. The molecule has 0 saturated heterocycles. The van der Waals surface area contributed by atoms with Gasteiger partial charge in [-0.05, 0) is 36.8 Å². The largest absolute Gasteiger partial charge is 0.495 e. The molecule has 0 radical (unpaired) electrons. The molecule has 0 aliphatic heterocycles. The first-order valence-corrected chi connectivity index (χ1v) is 5.36. The fourth-order valence-electron chi connectivity index (χ4n) is 2.00. The first kappa shape index (κ1) is 9.78. The molecule has 2 atom stereocenters. The van der Waals surface area contributed by atoms with Crippen molar-refractivity contribution in [3.05, 3.63) is 24.0 Å². The van der Waals surface area contributed by atoms with E-state index in [1.807, 2.05) is 6.20 Å². The third-order valence-corrected chi connectivity index (χ3v) is 3.21. The van der Waals surface area contributed by atoms with Crippen LogP contribution >= 0.6 is 11.6 Å². The van der Waals surface area contributed by atoms with E-state index in [1.54, 1.807) is 13.3 Å². The number of aromatic nitrogens is 1. The molecule has 1 aromatic rings. The first-order chi connectivity index (χ1) is 6.79. The molecule has 14 heavy (non-hydrogen) atoms. The standard InChI is InChI=1S/C11H14ClNO/c1-14-11-5-9(6-13-7-11)8-2-3-10(12)4-8/h5-8,10H,2-4H2,1H3. The molecule has 0 N–H and O–H groups in total. The number of hydrogen-bond donors (Lipinski definition) is 0. The molecule has 0 amide bonds. The molecule has 0 aromatic carbocycles. The van der Waals surface area contributed by atoms with Crippen molar-refractivity contribution in [1.29, 1.82) is 0 Å². The molecule has 1 heterocycles. The van der Waals surface area contributed by atoms with E-state index in [9.17, 15) is 0 Å². The number of nitrogens with zero attached hydrogens (tertiary/aromatic N) is 1. The molecule has 1 aliphatic rings. The summed E-state index contributed by atoms with van der Waals surface area (Å²) >= 11 is 6.08. The van der Waals surface area contributed by atoms with Crippen LogP contribution < -0.4 is 4.74 Å². The number of halogens is 1. The van der Waals surface area contributed by atoms with E-state index < -0.39 is 0 Å². The molecule has 2 rings (SSSR count). The summed E-state index contributed by atoms with van der Waals surface area (Å²) in [5.41, 5.74) is 1.26. The van der Waals surface area contributed by atoms with Crippen molar-refractivity contribution in [1.82, 2.24) is 4.98 Å². The quantitative estimate of drug-likeness (QED) is 0.702. The van der Waals surface area contributed by atoms with Crippen LogP contribution in [-0.2, 0) is 0 Å². The van der Waals surface area contributed by atoms with Crippen molar-refractivity contribution >= 4 is 11.6 Å². The predicted molar refractivity (Wildman–Crippen MR) is 57.0 cm³/mol. The second-order valence-electron chi connectivity index (χ2n) is 3.77. The van der Waals surface area contributed by atoms with Crippen LogP contribution in [0, 0.1) is 0 Å². The molecule has 3 heteroatoms. The summed E-state index contributed by atoms with van der Waals surface area (Å²) < 4.78 is 5.15. The molecular formula is C11H14ClNO. The van der Waals surface area contributed by atoms with Crippen LogP contribution in [0.3, 0.4) is 0 Å². The molecule has 1 aliphatic carbocycles. The van der Waals surface area contributed by atoms with Gasteiger partial charge in [-0.25, -0.2) is 0 Å². The summed E-state index contributed by atoms with van der Waals surface area (Å²) in [6.45, 7) is 0. The molecule has 0 spiro atoms. The van der Waals surface area contributed by atoms with E-state index in [0.717, 1.165) is 18.6 Å². The Bertz CT molecular complexity index is 316. The fraction of sp³-hybridized carbons (Fsp3) is 0.545. The maximum absolute atomic E-state index is 6.08. The van der Waals surface area contributed by atoms with E-state index in [-0.39, 0.29) is 0 Å². The van der Waals surface area contributed by atoms with Crippen LogP contribution in [-0.4, -0.2) is 17.5 Å². The number of rotatable bonds is 2. The van der Waals surface area contributed by atoms with Crippen LogP contribution in [0.15, 0.2) is 18.5 Å². The topological polar surface area (TPSA) is 22.1 Å². The van der Waals surface area contributed by atoms with Crippen molar-refractivity contribution < 1.29 is 4.74 Å². The van der Waals surface area contributed by atoms with Gasteiger partial charge in [0.25, 0.3) is 0 Å². The van der Waals surface area contributed by atoms with Gasteiger partial charge in [0.05, 0.1) is 13.3 Å². The van der Waals surface area contributed by atoms with Crippen LogP contribution in [0.2, 0.25) is 0 Å². The van der Waals surface area contributed by atoms with Crippen LogP contribution in [0.1, 0.15) is 30.7 Å². The summed E-state index contributed by atoms with van der Waals surface area (Å²) in [7, 11) is 1.67. The average molecular weight is 212 g/mol. The normalized spacial score (nSPS) is 26.4. The molecule has 1 saturated carbocycles. The van der Waals surface area contributed by atoms with Crippen LogP contribution in [0.4, 0.5) is 0 Å². The van der Waals surface area contributed by atoms with Crippen molar-refractivity contribution in [2.24, 2.45) is 0 Å². The van der Waals surface area contributed by atoms with E-state index in [2.05, 4.69) is 11.1 Å². The maximum atomic E-state index is 6.08. The van der Waals surface area contributed by atoms with Gasteiger partial charge in [-0.2, -0.15) is 0 Å². The zero-order valence-electron chi connectivity index (χ0n) is 8.24. The lowest BCUT2D eigenvalue weighted by Gasteiger charge is -2.09. The van der Waals surface area contributed by atoms with Gasteiger partial charge >= 0.3 is 0 Å². The molecule has 1 fully saturated rings. The first-order valence-electron chi connectivity index (χ1n) is 4.92. The fourth-order valence-corrected chi connectivity index (χ4v) is 2.34. The molecule has 2 nitrogen and oxygen atoms in total. The van der Waals surface area contributed by atoms with Gasteiger partial charge in [0, 0.05) is 11.6 Å². The van der Waals surface area contributed by atoms with Gasteiger partial charge in [0.2, 0.25) is 0 Å². The maximum Gasteiger partial charge on any atom is 0.137 e. The summed E-state index contributed by atoms with van der Waals surface area (Å²) in [6, 6.07) is 2.06. The summed E-state index contributed by atoms with van der Waals surface area (Å²) in [6.07, 6.45) is 7.00. The highest BCUT2D eigenvalue weighted by molar-refractivity contribution is 6.20. The Balaban J connectivity index is 2.15. The van der Waals surface area contributed by atoms with E-state index >= 15 is 0 Å². The third-order valence-electron chi connectivity index (χ3n) is 2.81. The number of ether oxygens (including phenoxy) is 1. The molecule has 0 bridgehead atoms. The minimum atomic E-state index is 0.339. The predicted octanol–water partition coefficient (Wildman–Crippen LogP) is 2.97. The Hall–Kier alpha value is -0.760. The molecule has 76 valence electrons. The summed E-state index contributed by atoms with van der Waals surface area (Å²) in [4.78, 5) is 4.16. The van der Waals surface area contributed by atoms with Crippen molar-refractivity contribution in [3.63, 3.8) is 0 Å². The Morgan fingerprint density at radius 3 is 2.93 bits per heavy atom. The smallest absolute Gasteiger partial charge is 0.137 e. The number of methoxy groups -OCH3 is 1. The van der Waals surface area contributed by atoms with E-state index in [0.29, 0.717) is 11.3 Å². The van der Waals surface area contributed by atoms with Gasteiger partial charge in [0.15, 0.2) is 0 Å². The number of alkyl halides is 1. The Morgan fingerprint density at radius 2 is 2.29 bits per heavy atom. The highest BCUT2D eigenvalue weighted by Crippen LogP contribution is 2.37. The SMILES string of the molecule is COc1cncc(C2CCC(Cl)C2)c1. The highest BCUT2D eigenvalue weighted by atomic mass is 35.5. The number of pyridine rings is 1. The summed E-state index contributed by atoms with van der Waals surface area (Å²) in [5.74, 6) is 1.40. The lowest BCUT2D eigenvalue weighted by atomic mass is 10.00. The molecule has 2 unspecified atom stereocenters. The Morgan fingerprint density at radius 1 is 1.43 bits per heavy atom. The zero-order chi connectivity index (χ0) is 9.97. The van der Waals surface area contributed by atoms with E-state index in [4.69, 9.17) is 16.3 Å². The second-order valence-corrected chi connectivity index (χ2v) is 4.38. The van der Waals surface area contributed by atoms with Crippen molar-refractivity contribution in [3.8, 4) is 5.75 Å². The van der Waals surface area contributed by atoms with Crippen molar-refractivity contribution in [2.75, 3.05) is 7.11 Å². The van der Waals surface area contributed by atoms with Gasteiger partial charge in [-0.3, -0.25) is 4.98 Å². The average Bonchev–Trinajstić information content (AvgIpc) is 2.65. The monoisotopic (exact) mass is 211 g/mol. The Kier molecular flexibility index (Phi) is 2.92. The van der Waals surface area contributed by atoms with Crippen molar-refractivity contribution in [2.45, 2.75) is 30.6 Å². The van der Waals surface area contributed by atoms with Gasteiger partial charge < -0.3 is 4.74 Å². The lowest BCUT2D eigenvalue weighted by Crippen LogP contribution is -1.96. The lowest BCUT2D eigenvalue weighted by molar-refractivity contribution is 0.411. The Labute approximate surface area is 89.3 Å². The second kappa shape index (κ2) is 4.18.